The zero-order valence-corrected chi connectivity index (χ0v) is 5.43. The van der Waals surface area contributed by atoms with Crippen LogP contribution in [-0.2, 0) is 4.79 Å². The minimum Gasteiger partial charge on any atom is -0.483 e. The average Bonchev–Trinajstić information content (AvgIpc) is 2.38. The standard InChI is InChI=1S/C4H4N2O2.CH2O2/c5-4(7)3-1-8-2-6-3;2-1-3/h1-2H,(H2,5,7);1H,(H,2,3). The third kappa shape index (κ3) is 3.68. The first-order valence-corrected chi connectivity index (χ1v) is 2.48. The van der Waals surface area contributed by atoms with Crippen molar-refractivity contribution in [1.29, 1.82) is 0 Å². The highest BCUT2D eigenvalue weighted by Gasteiger charge is 1.99. The molecule has 0 fully saturated rings. The van der Waals surface area contributed by atoms with Crippen molar-refractivity contribution in [3.63, 3.8) is 0 Å². The monoisotopic (exact) mass is 158 g/mol. The molecule has 0 aliphatic heterocycles. The fourth-order valence-electron chi connectivity index (χ4n) is 0.334. The molecule has 0 bridgehead atoms. The van der Waals surface area contributed by atoms with Gasteiger partial charge in [0.05, 0.1) is 0 Å². The van der Waals surface area contributed by atoms with Gasteiger partial charge in [-0.1, -0.05) is 0 Å². The topological polar surface area (TPSA) is 106 Å². The minimum absolute atomic E-state index is 0.157. The second kappa shape index (κ2) is 4.98. The normalized spacial score (nSPS) is 7.64. The van der Waals surface area contributed by atoms with E-state index >= 15 is 0 Å². The van der Waals surface area contributed by atoms with Gasteiger partial charge < -0.3 is 15.3 Å². The third-order valence-electron chi connectivity index (χ3n) is 0.685. The maximum atomic E-state index is 10.2. The highest BCUT2D eigenvalue weighted by atomic mass is 16.3. The highest BCUT2D eigenvalue weighted by Crippen LogP contribution is 1.89. The zero-order valence-electron chi connectivity index (χ0n) is 5.43. The number of nitrogens with zero attached hydrogens (tertiary/aromatic N) is 1. The van der Waals surface area contributed by atoms with Crippen LogP contribution in [0.25, 0.3) is 0 Å². The maximum Gasteiger partial charge on any atom is 0.290 e. The lowest BCUT2D eigenvalue weighted by atomic mass is 10.5. The molecule has 0 atom stereocenters. The van der Waals surface area contributed by atoms with E-state index in [1.807, 2.05) is 0 Å². The van der Waals surface area contributed by atoms with Gasteiger partial charge in [0.25, 0.3) is 12.4 Å². The number of carbonyl (C=O) groups excluding carboxylic acids is 1. The molecule has 1 rings (SSSR count). The first-order chi connectivity index (χ1) is 5.22. The number of rotatable bonds is 1. The summed E-state index contributed by atoms with van der Waals surface area (Å²) in [5.74, 6) is -0.571. The summed E-state index contributed by atoms with van der Waals surface area (Å²) in [5.41, 5.74) is 4.95. The first kappa shape index (κ1) is 9.15. The van der Waals surface area contributed by atoms with Crippen molar-refractivity contribution in [1.82, 2.24) is 4.98 Å². The molecule has 6 nitrogen and oxygen atoms in total. The van der Waals surface area contributed by atoms with Gasteiger partial charge in [0, 0.05) is 0 Å². The highest BCUT2D eigenvalue weighted by molar-refractivity contribution is 5.90. The fourth-order valence-corrected chi connectivity index (χ4v) is 0.334. The summed E-state index contributed by atoms with van der Waals surface area (Å²) in [6.07, 6.45) is 2.35. The lowest BCUT2D eigenvalue weighted by molar-refractivity contribution is -0.122. The van der Waals surface area contributed by atoms with Crippen molar-refractivity contribution < 1.29 is 19.1 Å². The number of amides is 1. The van der Waals surface area contributed by atoms with Gasteiger partial charge in [-0.2, -0.15) is 0 Å². The van der Waals surface area contributed by atoms with Gasteiger partial charge in [-0.05, 0) is 0 Å². The number of primary amides is 1. The second-order valence-electron chi connectivity index (χ2n) is 1.34. The molecule has 6 heteroatoms. The predicted octanol–water partition coefficient (Wildman–Crippen LogP) is -0.526. The van der Waals surface area contributed by atoms with Crippen LogP contribution in [0.4, 0.5) is 0 Å². The first-order valence-electron chi connectivity index (χ1n) is 2.48. The molecule has 0 radical (unpaired) electrons. The van der Waals surface area contributed by atoms with Gasteiger partial charge in [-0.15, -0.1) is 0 Å². The molecule has 60 valence electrons. The Labute approximate surface area is 61.6 Å². The number of hydrogen-bond acceptors (Lipinski definition) is 4. The van der Waals surface area contributed by atoms with Crippen LogP contribution < -0.4 is 5.73 Å². The molecular formula is C5H6N2O4. The maximum absolute atomic E-state index is 10.2. The summed E-state index contributed by atoms with van der Waals surface area (Å²) >= 11 is 0. The van der Waals surface area contributed by atoms with Crippen molar-refractivity contribution in [2.24, 2.45) is 5.73 Å². The van der Waals surface area contributed by atoms with Gasteiger partial charge in [-0.3, -0.25) is 9.59 Å². The van der Waals surface area contributed by atoms with E-state index in [0.717, 1.165) is 6.39 Å². The Morgan fingerprint density at radius 2 is 2.36 bits per heavy atom. The van der Waals surface area contributed by atoms with E-state index in [1.165, 1.54) is 6.26 Å². The summed E-state index contributed by atoms with van der Waals surface area (Å²) in [4.78, 5) is 22.0. The Bertz CT molecular complexity index is 218. The van der Waals surface area contributed by atoms with Crippen molar-refractivity contribution in [2.75, 3.05) is 0 Å². The van der Waals surface area contributed by atoms with Gasteiger partial charge in [0.2, 0.25) is 0 Å². The van der Waals surface area contributed by atoms with Gasteiger partial charge in [-0.25, -0.2) is 4.98 Å². The molecule has 0 saturated heterocycles. The number of aromatic nitrogens is 1. The van der Waals surface area contributed by atoms with E-state index in [2.05, 4.69) is 9.40 Å². The number of nitrogens with two attached hydrogens (primary N) is 1. The van der Waals surface area contributed by atoms with Crippen LogP contribution in [0.2, 0.25) is 0 Å². The largest absolute Gasteiger partial charge is 0.483 e. The van der Waals surface area contributed by atoms with Crippen LogP contribution in [0, 0.1) is 0 Å². The van der Waals surface area contributed by atoms with E-state index in [9.17, 15) is 4.79 Å². The summed E-state index contributed by atoms with van der Waals surface area (Å²) in [6, 6.07) is 0. The molecule has 1 heterocycles. The van der Waals surface area contributed by atoms with Crippen LogP contribution >= 0.6 is 0 Å². The number of carboxylic acid groups (broad SMARTS) is 1. The number of carbonyl (C=O) groups is 2. The van der Waals surface area contributed by atoms with Crippen molar-refractivity contribution >= 4 is 12.4 Å². The van der Waals surface area contributed by atoms with E-state index in [1.54, 1.807) is 0 Å². The van der Waals surface area contributed by atoms with Crippen LogP contribution in [0.3, 0.4) is 0 Å². The SMILES string of the molecule is NC(=O)c1cocn1.O=CO. The second-order valence-corrected chi connectivity index (χ2v) is 1.34. The molecule has 0 aliphatic carbocycles. The van der Waals surface area contributed by atoms with Gasteiger partial charge >= 0.3 is 0 Å². The molecule has 11 heavy (non-hydrogen) atoms. The quantitative estimate of drug-likeness (QED) is 0.534. The van der Waals surface area contributed by atoms with Crippen molar-refractivity contribution in [2.45, 2.75) is 0 Å². The molecule has 1 aromatic rings. The minimum atomic E-state index is -0.571. The number of oxazole rings is 1. The van der Waals surface area contributed by atoms with E-state index in [0.29, 0.717) is 0 Å². The molecule has 0 saturated carbocycles. The molecular weight excluding hydrogens is 152 g/mol. The van der Waals surface area contributed by atoms with Gasteiger partial charge in [0.15, 0.2) is 12.1 Å². The molecule has 0 aromatic carbocycles. The van der Waals surface area contributed by atoms with Gasteiger partial charge in [0.1, 0.15) is 6.26 Å². The molecule has 1 aromatic heterocycles. The van der Waals surface area contributed by atoms with E-state index in [4.69, 9.17) is 15.6 Å². The Kier molecular flexibility index (Phi) is 4.14. The Hall–Kier alpha value is -1.85. The Morgan fingerprint density at radius 3 is 2.55 bits per heavy atom. The summed E-state index contributed by atoms with van der Waals surface area (Å²) in [7, 11) is 0. The lowest BCUT2D eigenvalue weighted by Crippen LogP contribution is -2.10. The van der Waals surface area contributed by atoms with Crippen LogP contribution in [0.5, 0.6) is 0 Å². The fraction of sp³-hybridized carbons (Fsp3) is 0. The zero-order chi connectivity index (χ0) is 8.69. The molecule has 0 unspecified atom stereocenters. The van der Waals surface area contributed by atoms with Crippen LogP contribution in [-0.4, -0.2) is 22.5 Å². The Balaban J connectivity index is 0.000000292. The van der Waals surface area contributed by atoms with Crippen LogP contribution in [0.15, 0.2) is 17.1 Å². The smallest absolute Gasteiger partial charge is 0.290 e. The lowest BCUT2D eigenvalue weighted by Gasteiger charge is -1.77. The molecule has 3 N–H and O–H groups in total. The molecule has 1 amide bonds. The number of hydrogen-bond donors (Lipinski definition) is 2. The third-order valence-corrected chi connectivity index (χ3v) is 0.685. The average molecular weight is 158 g/mol. The molecule has 0 aliphatic rings. The van der Waals surface area contributed by atoms with E-state index < -0.39 is 5.91 Å². The van der Waals surface area contributed by atoms with Crippen molar-refractivity contribution in [3.8, 4) is 0 Å². The van der Waals surface area contributed by atoms with Crippen LogP contribution in [0.1, 0.15) is 10.5 Å². The summed E-state index contributed by atoms with van der Waals surface area (Å²) in [6.45, 7) is -0.250. The summed E-state index contributed by atoms with van der Waals surface area (Å²) < 4.78 is 4.46. The molecule has 0 spiro atoms. The van der Waals surface area contributed by atoms with E-state index in [-0.39, 0.29) is 12.2 Å². The summed E-state index contributed by atoms with van der Waals surface area (Å²) in [5, 5.41) is 6.89. The van der Waals surface area contributed by atoms with Crippen molar-refractivity contribution in [3.05, 3.63) is 18.4 Å². The predicted molar refractivity (Wildman–Crippen MR) is 33.7 cm³/mol. The Morgan fingerprint density at radius 1 is 1.82 bits per heavy atom.